The molecule has 1 N–H and O–H groups in total. The van der Waals surface area contributed by atoms with Crippen LogP contribution in [0.5, 0.6) is 0 Å². The van der Waals surface area contributed by atoms with Gasteiger partial charge in [-0.25, -0.2) is 0 Å². The molecule has 0 bridgehead atoms. The van der Waals surface area contributed by atoms with Crippen LogP contribution in [0, 0.1) is 0 Å². The van der Waals surface area contributed by atoms with Crippen LogP contribution in [0.15, 0.2) is 11.4 Å². The standard InChI is InChI=1S/C12H17NOS/c1-8(2)13-12(14)10-4-3-5-11-9(10)6-7-15-11/h6-8,10H,3-5H2,1-2H3,(H,13,14). The molecule has 1 unspecified atom stereocenters. The summed E-state index contributed by atoms with van der Waals surface area (Å²) in [6, 6.07) is 2.35. The van der Waals surface area contributed by atoms with E-state index < -0.39 is 0 Å². The Hall–Kier alpha value is -0.830. The molecule has 1 aliphatic rings. The van der Waals surface area contributed by atoms with Gasteiger partial charge in [0.1, 0.15) is 0 Å². The number of thiophene rings is 1. The first kappa shape index (κ1) is 10.7. The van der Waals surface area contributed by atoms with Gasteiger partial charge in [0.15, 0.2) is 0 Å². The van der Waals surface area contributed by atoms with E-state index in [1.807, 2.05) is 13.8 Å². The van der Waals surface area contributed by atoms with Gasteiger partial charge >= 0.3 is 0 Å². The quantitative estimate of drug-likeness (QED) is 0.820. The van der Waals surface area contributed by atoms with Gasteiger partial charge in [-0.15, -0.1) is 11.3 Å². The minimum absolute atomic E-state index is 0.0994. The fourth-order valence-corrected chi connectivity index (χ4v) is 3.13. The molecular formula is C12H17NOS. The monoisotopic (exact) mass is 223 g/mol. The number of hydrogen-bond acceptors (Lipinski definition) is 2. The molecule has 1 amide bonds. The number of hydrogen-bond donors (Lipinski definition) is 1. The van der Waals surface area contributed by atoms with Crippen LogP contribution >= 0.6 is 11.3 Å². The minimum Gasteiger partial charge on any atom is -0.353 e. The Kier molecular flexibility index (Phi) is 3.10. The Morgan fingerprint density at radius 2 is 2.40 bits per heavy atom. The van der Waals surface area contributed by atoms with Crippen LogP contribution in [-0.4, -0.2) is 11.9 Å². The summed E-state index contributed by atoms with van der Waals surface area (Å²) in [5.74, 6) is 0.298. The van der Waals surface area contributed by atoms with Crippen molar-refractivity contribution in [3.05, 3.63) is 21.9 Å². The van der Waals surface area contributed by atoms with Crippen LogP contribution < -0.4 is 5.32 Å². The van der Waals surface area contributed by atoms with E-state index in [4.69, 9.17) is 0 Å². The molecule has 15 heavy (non-hydrogen) atoms. The fourth-order valence-electron chi connectivity index (χ4n) is 2.14. The van der Waals surface area contributed by atoms with Crippen molar-refractivity contribution in [3.8, 4) is 0 Å². The van der Waals surface area contributed by atoms with Crippen LogP contribution in [0.1, 0.15) is 43.0 Å². The Bertz CT molecular complexity index is 356. The number of aryl methyl sites for hydroxylation is 1. The van der Waals surface area contributed by atoms with E-state index >= 15 is 0 Å². The lowest BCUT2D eigenvalue weighted by Gasteiger charge is -2.22. The van der Waals surface area contributed by atoms with Crippen molar-refractivity contribution in [2.45, 2.75) is 45.1 Å². The lowest BCUT2D eigenvalue weighted by Crippen LogP contribution is -2.35. The van der Waals surface area contributed by atoms with Crippen molar-refractivity contribution in [2.24, 2.45) is 0 Å². The van der Waals surface area contributed by atoms with Crippen LogP contribution in [0.4, 0.5) is 0 Å². The summed E-state index contributed by atoms with van der Waals surface area (Å²) < 4.78 is 0. The van der Waals surface area contributed by atoms with Gasteiger partial charge in [0.2, 0.25) is 5.91 Å². The molecule has 1 heterocycles. The summed E-state index contributed by atoms with van der Waals surface area (Å²) in [6.45, 7) is 4.02. The summed E-state index contributed by atoms with van der Waals surface area (Å²) in [4.78, 5) is 13.4. The second-order valence-electron chi connectivity index (χ2n) is 4.41. The van der Waals surface area contributed by atoms with Gasteiger partial charge in [0.25, 0.3) is 0 Å². The topological polar surface area (TPSA) is 29.1 Å². The third-order valence-corrected chi connectivity index (χ3v) is 3.80. The largest absolute Gasteiger partial charge is 0.353 e. The normalized spacial score (nSPS) is 20.1. The van der Waals surface area contributed by atoms with E-state index in [0.717, 1.165) is 19.3 Å². The number of carbonyl (C=O) groups excluding carboxylic acids is 1. The van der Waals surface area contributed by atoms with E-state index in [2.05, 4.69) is 16.8 Å². The maximum Gasteiger partial charge on any atom is 0.227 e. The van der Waals surface area contributed by atoms with E-state index in [1.54, 1.807) is 11.3 Å². The van der Waals surface area contributed by atoms with Gasteiger partial charge in [-0.05, 0) is 50.1 Å². The van der Waals surface area contributed by atoms with Crippen molar-refractivity contribution in [3.63, 3.8) is 0 Å². The third-order valence-electron chi connectivity index (χ3n) is 2.80. The molecule has 0 spiro atoms. The van der Waals surface area contributed by atoms with E-state index in [9.17, 15) is 4.79 Å². The molecule has 1 atom stereocenters. The maximum atomic E-state index is 12.0. The summed E-state index contributed by atoms with van der Waals surface area (Å²) in [6.07, 6.45) is 3.30. The highest BCUT2D eigenvalue weighted by molar-refractivity contribution is 7.10. The fraction of sp³-hybridized carbons (Fsp3) is 0.583. The number of fused-ring (bicyclic) bond motifs is 1. The van der Waals surface area contributed by atoms with Crippen LogP contribution in [-0.2, 0) is 11.2 Å². The summed E-state index contributed by atoms with van der Waals surface area (Å²) in [5.41, 5.74) is 1.27. The van der Waals surface area contributed by atoms with Gasteiger partial charge in [-0.3, -0.25) is 4.79 Å². The Morgan fingerprint density at radius 1 is 1.60 bits per heavy atom. The molecular weight excluding hydrogens is 206 g/mol. The molecule has 2 rings (SSSR count). The number of amides is 1. The smallest absolute Gasteiger partial charge is 0.227 e. The van der Waals surface area contributed by atoms with Crippen molar-refractivity contribution in [1.29, 1.82) is 0 Å². The lowest BCUT2D eigenvalue weighted by molar-refractivity contribution is -0.123. The second-order valence-corrected chi connectivity index (χ2v) is 5.41. The average Bonchev–Trinajstić information content (AvgIpc) is 2.63. The molecule has 1 aromatic heterocycles. The van der Waals surface area contributed by atoms with Crippen molar-refractivity contribution < 1.29 is 4.79 Å². The molecule has 0 aromatic carbocycles. The number of carbonyl (C=O) groups is 1. The van der Waals surface area contributed by atoms with Gasteiger partial charge in [-0.2, -0.15) is 0 Å². The van der Waals surface area contributed by atoms with E-state index in [1.165, 1.54) is 10.4 Å². The first-order chi connectivity index (χ1) is 7.18. The van der Waals surface area contributed by atoms with Crippen molar-refractivity contribution in [1.82, 2.24) is 5.32 Å². The molecule has 0 fully saturated rings. The van der Waals surface area contributed by atoms with Crippen molar-refractivity contribution >= 4 is 17.2 Å². The van der Waals surface area contributed by atoms with Gasteiger partial charge in [0.05, 0.1) is 5.92 Å². The van der Waals surface area contributed by atoms with Gasteiger partial charge in [-0.1, -0.05) is 0 Å². The van der Waals surface area contributed by atoms with E-state index in [-0.39, 0.29) is 17.9 Å². The summed E-state index contributed by atoms with van der Waals surface area (Å²) in [7, 11) is 0. The SMILES string of the molecule is CC(C)NC(=O)C1CCCc2sccc21. The molecule has 0 saturated carbocycles. The third kappa shape index (κ3) is 2.23. The molecule has 0 saturated heterocycles. The minimum atomic E-state index is 0.0994. The zero-order valence-electron chi connectivity index (χ0n) is 9.25. The van der Waals surface area contributed by atoms with Gasteiger partial charge < -0.3 is 5.32 Å². The molecule has 1 aliphatic carbocycles. The Labute approximate surface area is 94.7 Å². The highest BCUT2D eigenvalue weighted by Crippen LogP contribution is 2.34. The first-order valence-electron chi connectivity index (χ1n) is 5.55. The molecule has 1 aromatic rings. The molecule has 3 heteroatoms. The molecule has 2 nitrogen and oxygen atoms in total. The number of rotatable bonds is 2. The highest BCUT2D eigenvalue weighted by Gasteiger charge is 2.27. The zero-order chi connectivity index (χ0) is 10.8. The van der Waals surface area contributed by atoms with Crippen LogP contribution in [0.25, 0.3) is 0 Å². The maximum absolute atomic E-state index is 12.0. The number of nitrogens with one attached hydrogen (secondary N) is 1. The first-order valence-corrected chi connectivity index (χ1v) is 6.43. The summed E-state index contributed by atoms with van der Waals surface area (Å²) in [5, 5.41) is 5.11. The highest BCUT2D eigenvalue weighted by atomic mass is 32.1. The van der Waals surface area contributed by atoms with Crippen LogP contribution in [0.3, 0.4) is 0 Å². The van der Waals surface area contributed by atoms with E-state index in [0.29, 0.717) is 0 Å². The van der Waals surface area contributed by atoms with Crippen molar-refractivity contribution in [2.75, 3.05) is 0 Å². The molecule has 0 aliphatic heterocycles. The second kappa shape index (κ2) is 4.35. The van der Waals surface area contributed by atoms with Gasteiger partial charge in [0, 0.05) is 10.9 Å². The summed E-state index contributed by atoms with van der Waals surface area (Å²) >= 11 is 1.79. The average molecular weight is 223 g/mol. The Balaban J connectivity index is 2.15. The Morgan fingerprint density at radius 3 is 3.13 bits per heavy atom. The molecule has 0 radical (unpaired) electrons. The zero-order valence-corrected chi connectivity index (χ0v) is 10.1. The van der Waals surface area contributed by atoms with Crippen LogP contribution in [0.2, 0.25) is 0 Å². The predicted octanol–water partition coefficient (Wildman–Crippen LogP) is 2.69. The lowest BCUT2D eigenvalue weighted by atomic mass is 9.87. The molecule has 82 valence electrons. The predicted molar refractivity (Wildman–Crippen MR) is 63.3 cm³/mol.